The lowest BCUT2D eigenvalue weighted by molar-refractivity contribution is -0.0533. The smallest absolute Gasteiger partial charge is 0.250 e. The summed E-state index contributed by atoms with van der Waals surface area (Å²) in [6, 6.07) is 2.75. The van der Waals surface area contributed by atoms with Crippen molar-refractivity contribution in [2.24, 2.45) is 5.92 Å². The minimum atomic E-state index is -3.57. The third kappa shape index (κ3) is 4.18. The highest BCUT2D eigenvalue weighted by molar-refractivity contribution is 7.91. The number of hydrogen-bond acceptors (Lipinski definition) is 5. The third-order valence-corrected chi connectivity index (χ3v) is 6.87. The molecule has 118 valence electrons. The number of sulfonamides is 1. The minimum absolute atomic E-state index is 0.121. The van der Waals surface area contributed by atoms with E-state index in [4.69, 9.17) is 21.1 Å². The molecule has 1 saturated heterocycles. The predicted octanol–water partition coefficient (Wildman–Crippen LogP) is 2.26. The summed E-state index contributed by atoms with van der Waals surface area (Å²) in [6.07, 6.45) is 3.02. The maximum absolute atomic E-state index is 12.3. The van der Waals surface area contributed by atoms with Crippen molar-refractivity contribution in [3.63, 3.8) is 0 Å². The molecule has 5 nitrogen and oxygen atoms in total. The van der Waals surface area contributed by atoms with Gasteiger partial charge in [-0.25, -0.2) is 13.1 Å². The van der Waals surface area contributed by atoms with Gasteiger partial charge in [0, 0.05) is 13.2 Å². The van der Waals surface area contributed by atoms with Crippen LogP contribution in [0.2, 0.25) is 4.34 Å². The predicted molar refractivity (Wildman–Crippen MR) is 81.3 cm³/mol. The standard InChI is InChI=1S/C13H18ClNO4S2/c14-12-3-4-13(20-12)21(16,17)15-10-8-18-6-5-11(10)19-7-9-1-2-9/h3-4,9-11,15H,1-2,5-8H2. The Labute approximate surface area is 133 Å². The summed E-state index contributed by atoms with van der Waals surface area (Å²) in [5.41, 5.74) is 0. The summed E-state index contributed by atoms with van der Waals surface area (Å²) in [6.45, 7) is 1.67. The summed E-state index contributed by atoms with van der Waals surface area (Å²) in [4.78, 5) is 0. The van der Waals surface area contributed by atoms with Crippen molar-refractivity contribution in [3.05, 3.63) is 16.5 Å². The summed E-state index contributed by atoms with van der Waals surface area (Å²) in [5.74, 6) is 0.654. The first-order chi connectivity index (χ1) is 10.0. The summed E-state index contributed by atoms with van der Waals surface area (Å²) in [7, 11) is -3.57. The Morgan fingerprint density at radius 2 is 2.19 bits per heavy atom. The number of halogens is 1. The quantitative estimate of drug-likeness (QED) is 0.853. The molecule has 21 heavy (non-hydrogen) atoms. The molecule has 3 rings (SSSR count). The van der Waals surface area contributed by atoms with Gasteiger partial charge in [-0.1, -0.05) is 11.6 Å². The van der Waals surface area contributed by atoms with E-state index >= 15 is 0 Å². The van der Waals surface area contributed by atoms with E-state index in [1.807, 2.05) is 0 Å². The molecule has 1 aliphatic carbocycles. The highest BCUT2D eigenvalue weighted by Gasteiger charge is 2.33. The Bertz CT molecular complexity index is 585. The second-order valence-electron chi connectivity index (χ2n) is 5.47. The molecular formula is C13H18ClNO4S2. The van der Waals surface area contributed by atoms with Gasteiger partial charge >= 0.3 is 0 Å². The first kappa shape index (κ1) is 15.7. The molecule has 1 N–H and O–H groups in total. The van der Waals surface area contributed by atoms with Gasteiger partial charge in [0.15, 0.2) is 0 Å². The SMILES string of the molecule is O=S(=O)(NC1COCCC1OCC1CC1)c1ccc(Cl)s1. The van der Waals surface area contributed by atoms with Gasteiger partial charge in [-0.15, -0.1) is 11.3 Å². The van der Waals surface area contributed by atoms with Crippen LogP contribution in [0.1, 0.15) is 19.3 Å². The van der Waals surface area contributed by atoms with E-state index < -0.39 is 10.0 Å². The van der Waals surface area contributed by atoms with E-state index in [0.717, 1.165) is 11.3 Å². The molecular weight excluding hydrogens is 334 g/mol. The van der Waals surface area contributed by atoms with Crippen molar-refractivity contribution in [1.82, 2.24) is 4.72 Å². The van der Waals surface area contributed by atoms with Gasteiger partial charge in [0.25, 0.3) is 10.0 Å². The van der Waals surface area contributed by atoms with Crippen LogP contribution in [0, 0.1) is 5.92 Å². The fourth-order valence-electron chi connectivity index (χ4n) is 2.27. The van der Waals surface area contributed by atoms with E-state index in [-0.39, 0.29) is 16.4 Å². The molecule has 0 aromatic carbocycles. The molecule has 2 unspecified atom stereocenters. The van der Waals surface area contributed by atoms with Crippen LogP contribution in [0.15, 0.2) is 16.3 Å². The summed E-state index contributed by atoms with van der Waals surface area (Å²) in [5, 5.41) is 0. The number of hydrogen-bond donors (Lipinski definition) is 1. The van der Waals surface area contributed by atoms with Crippen molar-refractivity contribution in [3.8, 4) is 0 Å². The maximum atomic E-state index is 12.3. The number of rotatable bonds is 6. The molecule has 2 aliphatic rings. The third-order valence-electron chi connectivity index (χ3n) is 3.66. The lowest BCUT2D eigenvalue weighted by atomic mass is 10.1. The molecule has 2 atom stereocenters. The zero-order valence-corrected chi connectivity index (χ0v) is 13.8. The average Bonchev–Trinajstić information content (AvgIpc) is 3.17. The lowest BCUT2D eigenvalue weighted by Gasteiger charge is -2.31. The topological polar surface area (TPSA) is 64.6 Å². The molecule has 2 heterocycles. The van der Waals surface area contributed by atoms with Crippen LogP contribution >= 0.6 is 22.9 Å². The molecule has 0 amide bonds. The number of ether oxygens (including phenoxy) is 2. The van der Waals surface area contributed by atoms with Crippen LogP contribution in [-0.2, 0) is 19.5 Å². The monoisotopic (exact) mass is 351 g/mol. The Morgan fingerprint density at radius 3 is 2.86 bits per heavy atom. The highest BCUT2D eigenvalue weighted by atomic mass is 35.5. The maximum Gasteiger partial charge on any atom is 0.250 e. The summed E-state index contributed by atoms with van der Waals surface area (Å²) >= 11 is 6.85. The fourth-order valence-corrected chi connectivity index (χ4v) is 5.02. The van der Waals surface area contributed by atoms with E-state index in [1.54, 1.807) is 6.07 Å². The van der Waals surface area contributed by atoms with Gasteiger partial charge in [-0.2, -0.15) is 0 Å². The van der Waals surface area contributed by atoms with Crippen LogP contribution in [0.4, 0.5) is 0 Å². The van der Waals surface area contributed by atoms with Gasteiger partial charge in [-0.3, -0.25) is 0 Å². The van der Waals surface area contributed by atoms with Crippen LogP contribution in [-0.4, -0.2) is 40.4 Å². The molecule has 1 saturated carbocycles. The lowest BCUT2D eigenvalue weighted by Crippen LogP contribution is -2.50. The Kier molecular flexibility index (Phi) is 4.87. The largest absolute Gasteiger partial charge is 0.380 e. The average molecular weight is 352 g/mol. The second kappa shape index (κ2) is 6.52. The van der Waals surface area contributed by atoms with Crippen LogP contribution in [0.5, 0.6) is 0 Å². The van der Waals surface area contributed by atoms with Crippen molar-refractivity contribution in [2.75, 3.05) is 19.8 Å². The molecule has 8 heteroatoms. The Balaban J connectivity index is 1.65. The van der Waals surface area contributed by atoms with Crippen molar-refractivity contribution in [1.29, 1.82) is 0 Å². The fraction of sp³-hybridized carbons (Fsp3) is 0.692. The first-order valence-electron chi connectivity index (χ1n) is 7.01. The normalized spacial score (nSPS) is 26.9. The highest BCUT2D eigenvalue weighted by Crippen LogP contribution is 2.30. The first-order valence-corrected chi connectivity index (χ1v) is 9.69. The van der Waals surface area contributed by atoms with Crippen LogP contribution in [0.25, 0.3) is 0 Å². The van der Waals surface area contributed by atoms with Crippen LogP contribution in [0.3, 0.4) is 0 Å². The molecule has 1 aromatic rings. The van der Waals surface area contributed by atoms with Gasteiger partial charge in [0.2, 0.25) is 0 Å². The zero-order valence-electron chi connectivity index (χ0n) is 11.5. The van der Waals surface area contributed by atoms with E-state index in [9.17, 15) is 8.42 Å². The molecule has 0 radical (unpaired) electrons. The van der Waals surface area contributed by atoms with Gasteiger partial charge in [0.05, 0.1) is 23.1 Å². The van der Waals surface area contributed by atoms with Gasteiger partial charge in [-0.05, 0) is 37.3 Å². The number of thiophene rings is 1. The van der Waals surface area contributed by atoms with Gasteiger partial charge in [0.1, 0.15) is 4.21 Å². The molecule has 0 bridgehead atoms. The zero-order chi connectivity index (χ0) is 14.9. The van der Waals surface area contributed by atoms with Gasteiger partial charge < -0.3 is 9.47 Å². The molecule has 2 fully saturated rings. The van der Waals surface area contributed by atoms with Crippen molar-refractivity contribution >= 4 is 33.0 Å². The molecule has 1 aromatic heterocycles. The Morgan fingerprint density at radius 1 is 1.38 bits per heavy atom. The van der Waals surface area contributed by atoms with E-state index in [2.05, 4.69) is 4.72 Å². The second-order valence-corrected chi connectivity index (χ2v) is 9.12. The number of nitrogens with one attached hydrogen (secondary N) is 1. The van der Waals surface area contributed by atoms with Crippen LogP contribution < -0.4 is 4.72 Å². The summed E-state index contributed by atoms with van der Waals surface area (Å²) < 4.78 is 39.3. The van der Waals surface area contributed by atoms with E-state index in [1.165, 1.54) is 18.9 Å². The molecule has 0 spiro atoms. The van der Waals surface area contributed by atoms with E-state index in [0.29, 0.717) is 36.5 Å². The Hall–Kier alpha value is -0.180. The van der Waals surface area contributed by atoms with Crippen molar-refractivity contribution in [2.45, 2.75) is 35.6 Å². The minimum Gasteiger partial charge on any atom is -0.380 e. The molecule has 1 aliphatic heterocycles. The van der Waals surface area contributed by atoms with Crippen molar-refractivity contribution < 1.29 is 17.9 Å².